The van der Waals surface area contributed by atoms with E-state index < -0.39 is 0 Å². The first kappa shape index (κ1) is 15.7. The summed E-state index contributed by atoms with van der Waals surface area (Å²) in [5.41, 5.74) is 7.33. The molecule has 6 heteroatoms. The molecule has 2 aromatic rings. The van der Waals surface area contributed by atoms with Crippen LogP contribution in [0.4, 0.5) is 0 Å². The molecule has 0 atom stereocenters. The van der Waals surface area contributed by atoms with Crippen LogP contribution < -0.4 is 10.5 Å². The van der Waals surface area contributed by atoms with E-state index in [0.717, 1.165) is 15.8 Å². The van der Waals surface area contributed by atoms with E-state index in [-0.39, 0.29) is 5.84 Å². The van der Waals surface area contributed by atoms with Crippen molar-refractivity contribution in [3.8, 4) is 5.75 Å². The second-order valence-corrected chi connectivity index (χ2v) is 6.11. The van der Waals surface area contributed by atoms with Crippen LogP contribution in [0.3, 0.4) is 0 Å². The van der Waals surface area contributed by atoms with Crippen LogP contribution in [0.25, 0.3) is 0 Å². The van der Waals surface area contributed by atoms with Gasteiger partial charge in [-0.05, 0) is 45.8 Å². The highest BCUT2D eigenvalue weighted by molar-refractivity contribution is 9.10. The van der Waals surface area contributed by atoms with Crippen LogP contribution in [-0.4, -0.2) is 18.2 Å². The van der Waals surface area contributed by atoms with E-state index >= 15 is 0 Å². The van der Waals surface area contributed by atoms with Gasteiger partial charge in [0.2, 0.25) is 0 Å². The number of oxime groups is 1. The minimum atomic E-state index is 0.0413. The molecule has 0 saturated heterocycles. The number of amidine groups is 1. The number of nitrogens with two attached hydrogens (primary N) is 1. The maximum Gasteiger partial charge on any atom is 0.173 e. The van der Waals surface area contributed by atoms with Gasteiger partial charge in [0.1, 0.15) is 5.75 Å². The molecule has 4 nitrogen and oxygen atoms in total. The van der Waals surface area contributed by atoms with Crippen molar-refractivity contribution in [1.82, 2.24) is 0 Å². The lowest BCUT2D eigenvalue weighted by molar-refractivity contribution is 0.318. The van der Waals surface area contributed by atoms with Gasteiger partial charge in [0, 0.05) is 15.1 Å². The molecule has 21 heavy (non-hydrogen) atoms. The van der Waals surface area contributed by atoms with Crippen LogP contribution in [0.2, 0.25) is 0 Å². The summed E-state index contributed by atoms with van der Waals surface area (Å²) in [4.78, 5) is 1.17. The Morgan fingerprint density at radius 3 is 2.76 bits per heavy atom. The number of hydrogen-bond donors (Lipinski definition) is 2. The molecule has 0 saturated carbocycles. The van der Waals surface area contributed by atoms with E-state index in [1.807, 2.05) is 36.4 Å². The molecule has 0 amide bonds. The van der Waals surface area contributed by atoms with Crippen LogP contribution in [0, 0.1) is 0 Å². The Morgan fingerprint density at radius 1 is 1.33 bits per heavy atom. The smallest absolute Gasteiger partial charge is 0.173 e. The van der Waals surface area contributed by atoms with Crippen molar-refractivity contribution in [1.29, 1.82) is 0 Å². The Morgan fingerprint density at radius 2 is 2.10 bits per heavy atom. The van der Waals surface area contributed by atoms with Gasteiger partial charge in [-0.3, -0.25) is 0 Å². The highest BCUT2D eigenvalue weighted by Crippen LogP contribution is 2.30. The number of hydrogen-bond acceptors (Lipinski definition) is 4. The minimum absolute atomic E-state index is 0.0413. The molecule has 2 aromatic carbocycles. The van der Waals surface area contributed by atoms with E-state index in [1.165, 1.54) is 4.90 Å². The summed E-state index contributed by atoms with van der Waals surface area (Å²) < 4.78 is 6.29. The largest absolute Gasteiger partial charge is 0.496 e. The summed E-state index contributed by atoms with van der Waals surface area (Å²) in [6, 6.07) is 13.7. The van der Waals surface area contributed by atoms with Gasteiger partial charge in [-0.2, -0.15) is 0 Å². The van der Waals surface area contributed by atoms with Gasteiger partial charge >= 0.3 is 0 Å². The predicted molar refractivity (Wildman–Crippen MR) is 89.2 cm³/mol. The zero-order valence-corrected chi connectivity index (χ0v) is 13.8. The zero-order chi connectivity index (χ0) is 15.2. The summed E-state index contributed by atoms with van der Waals surface area (Å²) in [7, 11) is 1.55. The quantitative estimate of drug-likeness (QED) is 0.277. The molecule has 0 radical (unpaired) electrons. The van der Waals surface area contributed by atoms with Crippen LogP contribution >= 0.6 is 27.7 Å². The highest BCUT2D eigenvalue weighted by atomic mass is 79.9. The third-order valence-corrected chi connectivity index (χ3v) is 4.98. The van der Waals surface area contributed by atoms with Crippen molar-refractivity contribution in [2.45, 2.75) is 10.6 Å². The van der Waals surface area contributed by atoms with Gasteiger partial charge in [0.15, 0.2) is 5.84 Å². The molecular weight excluding hydrogens is 352 g/mol. The lowest BCUT2D eigenvalue weighted by atomic mass is 10.1. The molecule has 0 aliphatic carbocycles. The van der Waals surface area contributed by atoms with Crippen molar-refractivity contribution in [2.24, 2.45) is 10.9 Å². The first-order chi connectivity index (χ1) is 10.2. The Labute approximate surface area is 136 Å². The van der Waals surface area contributed by atoms with Gasteiger partial charge in [-0.25, -0.2) is 0 Å². The van der Waals surface area contributed by atoms with Crippen molar-refractivity contribution in [3.05, 3.63) is 58.1 Å². The first-order valence-corrected chi connectivity index (χ1v) is 7.95. The van der Waals surface area contributed by atoms with Gasteiger partial charge in [-0.15, -0.1) is 11.8 Å². The van der Waals surface area contributed by atoms with Crippen LogP contribution in [-0.2, 0) is 5.75 Å². The van der Waals surface area contributed by atoms with Crippen LogP contribution in [0.1, 0.15) is 11.1 Å². The van der Waals surface area contributed by atoms with E-state index in [4.69, 9.17) is 15.7 Å². The number of thioether (sulfide) groups is 1. The number of halogens is 1. The first-order valence-electron chi connectivity index (χ1n) is 6.18. The predicted octanol–water partition coefficient (Wildman–Crippen LogP) is 3.84. The number of nitrogens with zero attached hydrogens (tertiary/aromatic N) is 1. The fraction of sp³-hybridized carbons (Fsp3) is 0.133. The summed E-state index contributed by atoms with van der Waals surface area (Å²) in [6.45, 7) is 0. The van der Waals surface area contributed by atoms with Gasteiger partial charge in [0.25, 0.3) is 0 Å². The average Bonchev–Trinajstić information content (AvgIpc) is 2.53. The van der Waals surface area contributed by atoms with Gasteiger partial charge < -0.3 is 15.7 Å². The standard InChI is InChI=1S/C15H15BrN2O2S/c1-20-13-7-6-10(8-11(13)15(17)18-19)9-21-14-5-3-2-4-12(14)16/h2-8,19H,9H2,1H3,(H2,17,18). The van der Waals surface area contributed by atoms with Crippen molar-refractivity contribution >= 4 is 33.5 Å². The van der Waals surface area contributed by atoms with Crippen LogP contribution in [0.15, 0.2) is 57.0 Å². The summed E-state index contributed by atoms with van der Waals surface area (Å²) in [5, 5.41) is 11.9. The minimum Gasteiger partial charge on any atom is -0.496 e. The third kappa shape index (κ3) is 3.92. The molecule has 0 fully saturated rings. The van der Waals surface area contributed by atoms with E-state index in [9.17, 15) is 0 Å². The summed E-state index contributed by atoms with van der Waals surface area (Å²) >= 11 is 5.24. The van der Waals surface area contributed by atoms with E-state index in [0.29, 0.717) is 11.3 Å². The third-order valence-electron chi connectivity index (χ3n) is 2.88. The molecule has 0 heterocycles. The van der Waals surface area contributed by atoms with E-state index in [2.05, 4.69) is 27.2 Å². The molecule has 0 unspecified atom stereocenters. The van der Waals surface area contributed by atoms with Gasteiger partial charge in [0.05, 0.1) is 12.7 Å². The number of benzene rings is 2. The molecule has 2 rings (SSSR count). The molecule has 0 bridgehead atoms. The normalized spacial score (nSPS) is 11.4. The zero-order valence-electron chi connectivity index (χ0n) is 11.4. The summed E-state index contributed by atoms with van der Waals surface area (Å²) in [6.07, 6.45) is 0. The molecule has 0 aromatic heterocycles. The maximum atomic E-state index is 8.84. The second-order valence-electron chi connectivity index (χ2n) is 4.24. The van der Waals surface area contributed by atoms with Crippen molar-refractivity contribution in [3.63, 3.8) is 0 Å². The monoisotopic (exact) mass is 366 g/mol. The number of methoxy groups -OCH3 is 1. The fourth-order valence-electron chi connectivity index (χ4n) is 1.82. The summed E-state index contributed by atoms with van der Waals surface area (Å²) in [5.74, 6) is 1.40. The highest BCUT2D eigenvalue weighted by Gasteiger charge is 2.09. The average molecular weight is 367 g/mol. The Bertz CT molecular complexity index is 662. The lowest BCUT2D eigenvalue weighted by Gasteiger charge is -2.10. The maximum absolute atomic E-state index is 8.84. The molecule has 3 N–H and O–H groups in total. The van der Waals surface area contributed by atoms with E-state index in [1.54, 1.807) is 18.9 Å². The van der Waals surface area contributed by atoms with Gasteiger partial charge in [-0.1, -0.05) is 23.4 Å². The Balaban J connectivity index is 2.20. The van der Waals surface area contributed by atoms with Crippen molar-refractivity contribution < 1.29 is 9.94 Å². The molecule has 0 aliphatic heterocycles. The van der Waals surface area contributed by atoms with Crippen molar-refractivity contribution in [2.75, 3.05) is 7.11 Å². The van der Waals surface area contributed by atoms with Crippen LogP contribution in [0.5, 0.6) is 5.75 Å². The molecular formula is C15H15BrN2O2S. The topological polar surface area (TPSA) is 67.8 Å². The Hall–Kier alpha value is -1.66. The fourth-order valence-corrected chi connectivity index (χ4v) is 3.33. The lowest BCUT2D eigenvalue weighted by Crippen LogP contribution is -2.14. The molecule has 0 spiro atoms. The molecule has 0 aliphatic rings. The molecule has 110 valence electrons. The Kier molecular flexibility index (Phi) is 5.52. The number of rotatable bonds is 5. The number of ether oxygens (including phenoxy) is 1. The SMILES string of the molecule is COc1ccc(CSc2ccccc2Br)cc1C(N)=NO. The second kappa shape index (κ2) is 7.38.